The number of carbonyl (C=O) groups is 1. The minimum absolute atomic E-state index is 0.0939. The van der Waals surface area contributed by atoms with Crippen molar-refractivity contribution in [3.63, 3.8) is 0 Å². The molecule has 1 atom stereocenters. The van der Waals surface area contributed by atoms with E-state index in [0.29, 0.717) is 0 Å². The minimum atomic E-state index is -3.88. The number of benzene rings is 1. The molecule has 0 amide bonds. The van der Waals surface area contributed by atoms with Crippen LogP contribution in [0.5, 0.6) is 0 Å². The number of carboxylic acids is 1. The molecule has 98 valence electrons. The average molecular weight is 291 g/mol. The first-order valence-corrected chi connectivity index (χ1v) is 7.60. The SMILES string of the molecule is O=C(O)[C@H]1CSCN1S(=O)(=O)c1ccc(F)cc1. The Labute approximate surface area is 108 Å². The summed E-state index contributed by atoms with van der Waals surface area (Å²) < 4.78 is 38.0. The third-order valence-electron chi connectivity index (χ3n) is 2.55. The maximum atomic E-state index is 12.8. The third kappa shape index (κ3) is 2.36. The van der Waals surface area contributed by atoms with Gasteiger partial charge in [-0.15, -0.1) is 11.8 Å². The number of nitrogens with zero attached hydrogens (tertiary/aromatic N) is 1. The molecule has 1 saturated heterocycles. The first-order valence-electron chi connectivity index (χ1n) is 5.01. The van der Waals surface area contributed by atoms with E-state index < -0.39 is 27.9 Å². The van der Waals surface area contributed by atoms with Gasteiger partial charge in [0.05, 0.1) is 10.8 Å². The lowest BCUT2D eigenvalue weighted by Gasteiger charge is -2.19. The predicted molar refractivity (Wildman–Crippen MR) is 64.2 cm³/mol. The van der Waals surface area contributed by atoms with Crippen LogP contribution in [0.25, 0.3) is 0 Å². The Kier molecular flexibility index (Phi) is 3.60. The first-order chi connectivity index (χ1) is 8.43. The fourth-order valence-electron chi connectivity index (χ4n) is 1.60. The average Bonchev–Trinajstić information content (AvgIpc) is 2.79. The summed E-state index contributed by atoms with van der Waals surface area (Å²) in [5.74, 6) is -1.41. The summed E-state index contributed by atoms with van der Waals surface area (Å²) >= 11 is 1.24. The predicted octanol–water partition coefficient (Wildman–Crippen LogP) is 0.974. The van der Waals surface area contributed by atoms with E-state index in [1.54, 1.807) is 0 Å². The van der Waals surface area contributed by atoms with E-state index in [1.165, 1.54) is 11.8 Å². The Bertz CT molecular complexity index is 558. The fraction of sp³-hybridized carbons (Fsp3) is 0.300. The molecular weight excluding hydrogens is 281 g/mol. The van der Waals surface area contributed by atoms with Gasteiger partial charge in [0.15, 0.2) is 0 Å². The zero-order chi connectivity index (χ0) is 13.3. The lowest BCUT2D eigenvalue weighted by Crippen LogP contribution is -2.41. The van der Waals surface area contributed by atoms with Crippen LogP contribution >= 0.6 is 11.8 Å². The molecule has 0 radical (unpaired) electrons. The molecule has 0 unspecified atom stereocenters. The van der Waals surface area contributed by atoms with Crippen molar-refractivity contribution in [3.8, 4) is 0 Å². The third-order valence-corrected chi connectivity index (χ3v) is 5.59. The normalized spacial score (nSPS) is 21.1. The van der Waals surface area contributed by atoms with E-state index in [0.717, 1.165) is 28.6 Å². The first kappa shape index (κ1) is 13.3. The van der Waals surface area contributed by atoms with E-state index in [4.69, 9.17) is 5.11 Å². The topological polar surface area (TPSA) is 74.7 Å². The van der Waals surface area contributed by atoms with Crippen LogP contribution in [-0.2, 0) is 14.8 Å². The quantitative estimate of drug-likeness (QED) is 0.898. The molecule has 0 saturated carbocycles. The molecule has 0 aromatic heterocycles. The van der Waals surface area contributed by atoms with Crippen molar-refractivity contribution >= 4 is 27.8 Å². The molecule has 1 aliphatic rings. The monoisotopic (exact) mass is 291 g/mol. The molecule has 2 rings (SSSR count). The van der Waals surface area contributed by atoms with Crippen molar-refractivity contribution in [2.45, 2.75) is 10.9 Å². The van der Waals surface area contributed by atoms with E-state index in [1.807, 2.05) is 0 Å². The second-order valence-corrected chi connectivity index (χ2v) is 6.59. The smallest absolute Gasteiger partial charge is 0.322 e. The van der Waals surface area contributed by atoms with Crippen molar-refractivity contribution in [2.24, 2.45) is 0 Å². The number of rotatable bonds is 3. The number of hydrogen-bond acceptors (Lipinski definition) is 4. The Balaban J connectivity index is 2.36. The molecule has 1 aromatic rings. The molecule has 1 N–H and O–H groups in total. The molecule has 0 bridgehead atoms. The van der Waals surface area contributed by atoms with Crippen LogP contribution in [-0.4, -0.2) is 41.5 Å². The number of halogens is 1. The summed E-state index contributed by atoms with van der Waals surface area (Å²) in [4.78, 5) is 10.9. The van der Waals surface area contributed by atoms with Crippen molar-refractivity contribution in [1.29, 1.82) is 0 Å². The highest BCUT2D eigenvalue weighted by Crippen LogP contribution is 2.28. The van der Waals surface area contributed by atoms with Crippen molar-refractivity contribution < 1.29 is 22.7 Å². The van der Waals surface area contributed by atoms with Gasteiger partial charge in [-0.1, -0.05) is 0 Å². The van der Waals surface area contributed by atoms with Gasteiger partial charge in [0.25, 0.3) is 0 Å². The second-order valence-electron chi connectivity index (χ2n) is 3.70. The van der Waals surface area contributed by atoms with Crippen LogP contribution in [0.3, 0.4) is 0 Å². The summed E-state index contributed by atoms with van der Waals surface area (Å²) in [6.45, 7) is 0. The van der Waals surface area contributed by atoms with E-state index >= 15 is 0 Å². The van der Waals surface area contributed by atoms with Gasteiger partial charge < -0.3 is 5.11 Å². The molecule has 0 aliphatic carbocycles. The highest BCUT2D eigenvalue weighted by Gasteiger charge is 2.39. The van der Waals surface area contributed by atoms with E-state index in [-0.39, 0.29) is 16.5 Å². The number of sulfonamides is 1. The standard InChI is InChI=1S/C10H10FNO4S2/c11-7-1-3-8(4-2-7)18(15,16)12-6-17-5-9(12)10(13)14/h1-4,9H,5-6H2,(H,13,14)/t9-/m1/s1. The molecule has 1 aromatic carbocycles. The van der Waals surface area contributed by atoms with E-state index in [2.05, 4.69) is 0 Å². The summed E-state index contributed by atoms with van der Waals surface area (Å²) in [7, 11) is -3.88. The van der Waals surface area contributed by atoms with Gasteiger partial charge in [0.2, 0.25) is 10.0 Å². The zero-order valence-corrected chi connectivity index (χ0v) is 10.7. The van der Waals surface area contributed by atoms with Gasteiger partial charge in [-0.05, 0) is 24.3 Å². The van der Waals surface area contributed by atoms with Gasteiger partial charge in [0.1, 0.15) is 11.9 Å². The molecule has 8 heteroatoms. The van der Waals surface area contributed by atoms with Crippen LogP contribution in [0.1, 0.15) is 0 Å². The zero-order valence-electron chi connectivity index (χ0n) is 9.11. The summed E-state index contributed by atoms with van der Waals surface area (Å²) in [6, 6.07) is 3.27. The van der Waals surface area contributed by atoms with E-state index in [9.17, 15) is 17.6 Å². The lowest BCUT2D eigenvalue weighted by atomic mass is 10.3. The fourth-order valence-corrected chi connectivity index (χ4v) is 4.74. The van der Waals surface area contributed by atoms with Crippen molar-refractivity contribution in [3.05, 3.63) is 30.1 Å². The molecule has 1 aliphatic heterocycles. The molecule has 1 heterocycles. The van der Waals surface area contributed by atoms with Crippen LogP contribution in [0.15, 0.2) is 29.2 Å². The lowest BCUT2D eigenvalue weighted by molar-refractivity contribution is -0.140. The largest absolute Gasteiger partial charge is 0.480 e. The summed E-state index contributed by atoms with van der Waals surface area (Å²) in [5, 5.41) is 8.96. The minimum Gasteiger partial charge on any atom is -0.480 e. The van der Waals surface area contributed by atoms with Crippen molar-refractivity contribution in [2.75, 3.05) is 11.6 Å². The highest BCUT2D eigenvalue weighted by molar-refractivity contribution is 8.00. The highest BCUT2D eigenvalue weighted by atomic mass is 32.2. The Morgan fingerprint density at radius 1 is 1.39 bits per heavy atom. The maximum absolute atomic E-state index is 12.8. The van der Waals surface area contributed by atoms with Crippen LogP contribution in [0.4, 0.5) is 4.39 Å². The van der Waals surface area contributed by atoms with Gasteiger partial charge >= 0.3 is 5.97 Å². The maximum Gasteiger partial charge on any atom is 0.322 e. The van der Waals surface area contributed by atoms with Gasteiger partial charge in [-0.3, -0.25) is 4.79 Å². The molecule has 0 spiro atoms. The number of thioether (sulfide) groups is 1. The molecule has 18 heavy (non-hydrogen) atoms. The van der Waals surface area contributed by atoms with Crippen LogP contribution in [0.2, 0.25) is 0 Å². The van der Waals surface area contributed by atoms with Crippen LogP contribution < -0.4 is 0 Å². The summed E-state index contributed by atoms with van der Waals surface area (Å²) in [6.07, 6.45) is 0. The summed E-state index contributed by atoms with van der Waals surface area (Å²) in [5.41, 5.74) is 0. The van der Waals surface area contributed by atoms with Gasteiger partial charge in [0, 0.05) is 5.75 Å². The second kappa shape index (κ2) is 4.87. The number of aliphatic carboxylic acids is 1. The Hall–Kier alpha value is -1.12. The Morgan fingerprint density at radius 3 is 2.56 bits per heavy atom. The Morgan fingerprint density at radius 2 is 2.00 bits per heavy atom. The number of carboxylic acid groups (broad SMARTS) is 1. The van der Waals surface area contributed by atoms with Crippen LogP contribution in [0, 0.1) is 5.82 Å². The van der Waals surface area contributed by atoms with Gasteiger partial charge in [-0.2, -0.15) is 4.31 Å². The van der Waals surface area contributed by atoms with Crippen molar-refractivity contribution in [1.82, 2.24) is 4.31 Å². The number of hydrogen-bond donors (Lipinski definition) is 1. The molecule has 1 fully saturated rings. The molecule has 5 nitrogen and oxygen atoms in total. The van der Waals surface area contributed by atoms with Gasteiger partial charge in [-0.25, -0.2) is 12.8 Å². The molecular formula is C10H10FNO4S2.